The van der Waals surface area contributed by atoms with E-state index in [1.165, 1.54) is 4.90 Å². The maximum absolute atomic E-state index is 11.7. The van der Waals surface area contributed by atoms with Gasteiger partial charge >= 0.3 is 0 Å². The standard InChI is InChI=1S/C11H14N2O2/c1-3-10(12-15)11(14)13(2)9-7-5-4-6-8-9/h4-8,15H,3H2,1-2H3/b12-10+. The fraction of sp³-hybridized carbons (Fsp3) is 0.273. The van der Waals surface area contributed by atoms with Crippen molar-refractivity contribution >= 4 is 17.3 Å². The first kappa shape index (κ1) is 11.2. The molecule has 0 aromatic heterocycles. The maximum Gasteiger partial charge on any atom is 0.275 e. The average Bonchev–Trinajstić information content (AvgIpc) is 2.30. The van der Waals surface area contributed by atoms with Gasteiger partial charge < -0.3 is 10.1 Å². The fourth-order valence-corrected chi connectivity index (χ4v) is 1.23. The van der Waals surface area contributed by atoms with Crippen molar-refractivity contribution in [1.29, 1.82) is 0 Å². The molecule has 4 heteroatoms. The number of para-hydroxylation sites is 1. The predicted octanol–water partition coefficient (Wildman–Crippen LogP) is 1.89. The Morgan fingerprint density at radius 2 is 2.00 bits per heavy atom. The van der Waals surface area contributed by atoms with Gasteiger partial charge in [-0.1, -0.05) is 30.3 Å². The highest BCUT2D eigenvalue weighted by Crippen LogP contribution is 2.11. The Morgan fingerprint density at radius 3 is 2.47 bits per heavy atom. The van der Waals surface area contributed by atoms with Gasteiger partial charge in [-0.25, -0.2) is 0 Å². The quantitative estimate of drug-likeness (QED) is 0.466. The minimum Gasteiger partial charge on any atom is -0.410 e. The number of amides is 1. The Bertz CT molecular complexity index is 360. The summed E-state index contributed by atoms with van der Waals surface area (Å²) in [4.78, 5) is 13.2. The van der Waals surface area contributed by atoms with Crippen LogP contribution in [0.2, 0.25) is 0 Å². The van der Waals surface area contributed by atoms with Gasteiger partial charge in [0.05, 0.1) is 0 Å². The van der Waals surface area contributed by atoms with E-state index in [4.69, 9.17) is 5.21 Å². The molecule has 0 bridgehead atoms. The van der Waals surface area contributed by atoms with E-state index in [1.54, 1.807) is 14.0 Å². The second-order valence-electron chi connectivity index (χ2n) is 3.10. The minimum atomic E-state index is -0.286. The number of oxime groups is 1. The summed E-state index contributed by atoms with van der Waals surface area (Å²) in [5.74, 6) is -0.286. The second-order valence-corrected chi connectivity index (χ2v) is 3.10. The van der Waals surface area contributed by atoms with E-state index in [0.29, 0.717) is 6.42 Å². The van der Waals surface area contributed by atoms with E-state index in [0.717, 1.165) is 5.69 Å². The number of carbonyl (C=O) groups excluding carboxylic acids is 1. The van der Waals surface area contributed by atoms with Crippen molar-refractivity contribution in [3.63, 3.8) is 0 Å². The zero-order valence-electron chi connectivity index (χ0n) is 8.84. The summed E-state index contributed by atoms with van der Waals surface area (Å²) >= 11 is 0. The van der Waals surface area contributed by atoms with Crippen molar-refractivity contribution < 1.29 is 10.0 Å². The van der Waals surface area contributed by atoms with Crippen LogP contribution >= 0.6 is 0 Å². The lowest BCUT2D eigenvalue weighted by Crippen LogP contribution is -2.32. The van der Waals surface area contributed by atoms with Crippen LogP contribution in [0, 0.1) is 0 Å². The maximum atomic E-state index is 11.7. The van der Waals surface area contributed by atoms with Crippen molar-refractivity contribution in [3.8, 4) is 0 Å². The van der Waals surface area contributed by atoms with Crippen LogP contribution in [-0.4, -0.2) is 23.9 Å². The van der Waals surface area contributed by atoms with Crippen LogP contribution in [-0.2, 0) is 4.79 Å². The molecule has 0 atom stereocenters. The molecule has 0 saturated carbocycles. The second kappa shape index (κ2) is 5.14. The Kier molecular flexibility index (Phi) is 3.85. The van der Waals surface area contributed by atoms with Gasteiger partial charge in [0.2, 0.25) is 0 Å². The highest BCUT2D eigenvalue weighted by Gasteiger charge is 2.16. The summed E-state index contributed by atoms with van der Waals surface area (Å²) < 4.78 is 0. The molecule has 1 aromatic carbocycles. The normalized spacial score (nSPS) is 11.2. The molecule has 0 radical (unpaired) electrons. The van der Waals surface area contributed by atoms with Crippen molar-refractivity contribution in [2.45, 2.75) is 13.3 Å². The van der Waals surface area contributed by atoms with Gasteiger partial charge in [0, 0.05) is 12.7 Å². The molecular formula is C11H14N2O2. The van der Waals surface area contributed by atoms with Crippen molar-refractivity contribution in [3.05, 3.63) is 30.3 Å². The lowest BCUT2D eigenvalue weighted by atomic mass is 10.2. The highest BCUT2D eigenvalue weighted by molar-refractivity contribution is 6.43. The fourth-order valence-electron chi connectivity index (χ4n) is 1.23. The minimum absolute atomic E-state index is 0.154. The van der Waals surface area contributed by atoms with Crippen molar-refractivity contribution in [2.75, 3.05) is 11.9 Å². The number of hydrogen-bond donors (Lipinski definition) is 1. The zero-order valence-corrected chi connectivity index (χ0v) is 8.84. The predicted molar refractivity (Wildman–Crippen MR) is 59.4 cm³/mol. The summed E-state index contributed by atoms with van der Waals surface area (Å²) in [5.41, 5.74) is 0.929. The van der Waals surface area contributed by atoms with E-state index in [-0.39, 0.29) is 11.6 Å². The van der Waals surface area contributed by atoms with E-state index in [9.17, 15) is 4.79 Å². The summed E-state index contributed by atoms with van der Waals surface area (Å²) in [5, 5.41) is 11.6. The molecule has 1 amide bonds. The molecule has 0 heterocycles. The molecule has 0 unspecified atom stereocenters. The van der Waals surface area contributed by atoms with Crippen LogP contribution in [0.25, 0.3) is 0 Å². The number of anilines is 1. The van der Waals surface area contributed by atoms with Gasteiger partial charge in [0.25, 0.3) is 5.91 Å². The third kappa shape index (κ3) is 2.56. The van der Waals surface area contributed by atoms with Gasteiger partial charge in [-0.2, -0.15) is 0 Å². The molecule has 0 aliphatic heterocycles. The molecule has 0 spiro atoms. The molecule has 80 valence electrons. The third-order valence-corrected chi connectivity index (χ3v) is 2.15. The number of carbonyl (C=O) groups is 1. The number of hydrogen-bond acceptors (Lipinski definition) is 3. The molecule has 0 fully saturated rings. The number of benzene rings is 1. The van der Waals surface area contributed by atoms with Crippen LogP contribution < -0.4 is 4.90 Å². The molecule has 1 aromatic rings. The average molecular weight is 206 g/mol. The van der Waals surface area contributed by atoms with E-state index >= 15 is 0 Å². The van der Waals surface area contributed by atoms with Gasteiger partial charge in [-0.3, -0.25) is 4.79 Å². The first-order valence-corrected chi connectivity index (χ1v) is 4.74. The Hall–Kier alpha value is -1.84. The monoisotopic (exact) mass is 206 g/mol. The van der Waals surface area contributed by atoms with E-state index in [1.807, 2.05) is 30.3 Å². The lowest BCUT2D eigenvalue weighted by molar-refractivity contribution is -0.112. The molecule has 0 aliphatic carbocycles. The van der Waals surface area contributed by atoms with Crippen LogP contribution in [0.4, 0.5) is 5.69 Å². The smallest absolute Gasteiger partial charge is 0.275 e. The molecule has 15 heavy (non-hydrogen) atoms. The Morgan fingerprint density at radius 1 is 1.40 bits per heavy atom. The molecule has 0 saturated heterocycles. The Labute approximate surface area is 88.8 Å². The number of rotatable bonds is 3. The van der Waals surface area contributed by atoms with Crippen LogP contribution in [0.15, 0.2) is 35.5 Å². The first-order valence-electron chi connectivity index (χ1n) is 4.74. The SMILES string of the molecule is CC/C(=N\O)C(=O)N(C)c1ccccc1. The van der Waals surface area contributed by atoms with Crippen LogP contribution in [0.5, 0.6) is 0 Å². The van der Waals surface area contributed by atoms with E-state index in [2.05, 4.69) is 5.16 Å². The molecular weight excluding hydrogens is 192 g/mol. The highest BCUT2D eigenvalue weighted by atomic mass is 16.4. The molecule has 0 aliphatic rings. The largest absolute Gasteiger partial charge is 0.410 e. The van der Waals surface area contributed by atoms with Gasteiger partial charge in [0.15, 0.2) is 0 Å². The third-order valence-electron chi connectivity index (χ3n) is 2.15. The van der Waals surface area contributed by atoms with Gasteiger partial charge in [0.1, 0.15) is 5.71 Å². The zero-order chi connectivity index (χ0) is 11.3. The first-order chi connectivity index (χ1) is 7.20. The topological polar surface area (TPSA) is 52.9 Å². The molecule has 1 rings (SSSR count). The molecule has 1 N–H and O–H groups in total. The lowest BCUT2D eigenvalue weighted by Gasteiger charge is -2.16. The van der Waals surface area contributed by atoms with Crippen molar-refractivity contribution in [1.82, 2.24) is 0 Å². The summed E-state index contributed by atoms with van der Waals surface area (Å²) in [6.07, 6.45) is 0.409. The Balaban J connectivity index is 2.86. The van der Waals surface area contributed by atoms with Crippen LogP contribution in [0.3, 0.4) is 0 Å². The van der Waals surface area contributed by atoms with Gasteiger partial charge in [-0.15, -0.1) is 0 Å². The van der Waals surface area contributed by atoms with Crippen LogP contribution in [0.1, 0.15) is 13.3 Å². The van der Waals surface area contributed by atoms with Crippen molar-refractivity contribution in [2.24, 2.45) is 5.16 Å². The van der Waals surface area contributed by atoms with E-state index < -0.39 is 0 Å². The summed E-state index contributed by atoms with van der Waals surface area (Å²) in [7, 11) is 1.65. The number of nitrogens with zero attached hydrogens (tertiary/aromatic N) is 2. The summed E-state index contributed by atoms with van der Waals surface area (Å²) in [6.45, 7) is 1.77. The van der Waals surface area contributed by atoms with Gasteiger partial charge in [-0.05, 0) is 18.6 Å². The summed E-state index contributed by atoms with van der Waals surface area (Å²) in [6, 6.07) is 9.22. The molecule has 4 nitrogen and oxygen atoms in total.